The van der Waals surface area contributed by atoms with Crippen LogP contribution >= 0.6 is 0 Å². The van der Waals surface area contributed by atoms with Crippen LogP contribution in [-0.2, 0) is 0 Å². The Morgan fingerprint density at radius 1 is 1.21 bits per heavy atom. The minimum absolute atomic E-state index is 0.0407. The van der Waals surface area contributed by atoms with Crippen molar-refractivity contribution in [1.29, 1.82) is 0 Å². The highest BCUT2D eigenvalue weighted by molar-refractivity contribution is 4.87. The first-order chi connectivity index (χ1) is 6.32. The minimum atomic E-state index is -4.05. The molecule has 0 radical (unpaired) electrons. The summed E-state index contributed by atoms with van der Waals surface area (Å²) in [4.78, 5) is 0. The van der Waals surface area contributed by atoms with Gasteiger partial charge in [0.2, 0.25) is 0 Å². The first kappa shape index (κ1) is 11.8. The van der Waals surface area contributed by atoms with Gasteiger partial charge in [0.25, 0.3) is 0 Å². The van der Waals surface area contributed by atoms with Gasteiger partial charge in [0.15, 0.2) is 0 Å². The molecule has 1 aliphatic carbocycles. The molecule has 0 saturated heterocycles. The van der Waals surface area contributed by atoms with Gasteiger partial charge in [-0.15, -0.1) is 0 Å². The van der Waals surface area contributed by atoms with E-state index in [2.05, 4.69) is 0 Å². The fraction of sp³-hybridized carbons (Fsp3) is 1.00. The van der Waals surface area contributed by atoms with Crippen molar-refractivity contribution in [3.8, 4) is 0 Å². The molecular weight excluding hydrogens is 191 g/mol. The molecule has 0 aromatic heterocycles. The molecule has 1 fully saturated rings. The molecule has 0 amide bonds. The number of hydrogen-bond acceptors (Lipinski definition) is 1. The maximum Gasteiger partial charge on any atom is 0.392 e. The minimum Gasteiger partial charge on any atom is -0.328 e. The van der Waals surface area contributed by atoms with Crippen LogP contribution in [0.3, 0.4) is 0 Å². The standard InChI is InChI=1S/C10H18F3N/c1-6(2)8-5-7(14)3-4-9(8)10(11,12)13/h6-9H,3-5,14H2,1-2H3. The second-order valence-electron chi connectivity index (χ2n) is 4.63. The molecule has 0 aromatic rings. The highest BCUT2D eigenvalue weighted by Gasteiger charge is 2.47. The number of nitrogens with two attached hydrogens (primary N) is 1. The number of hydrogen-bond donors (Lipinski definition) is 1. The van der Waals surface area contributed by atoms with Crippen molar-refractivity contribution in [2.75, 3.05) is 0 Å². The molecule has 1 nitrogen and oxygen atoms in total. The second kappa shape index (κ2) is 4.09. The summed E-state index contributed by atoms with van der Waals surface area (Å²) in [7, 11) is 0. The highest BCUT2D eigenvalue weighted by Crippen LogP contribution is 2.43. The third-order valence-corrected chi connectivity index (χ3v) is 3.22. The van der Waals surface area contributed by atoms with Gasteiger partial charge in [-0.05, 0) is 31.1 Å². The van der Waals surface area contributed by atoms with E-state index in [0.717, 1.165) is 0 Å². The van der Waals surface area contributed by atoms with Gasteiger partial charge in [0.1, 0.15) is 0 Å². The Bertz CT molecular complexity index is 188. The van der Waals surface area contributed by atoms with Gasteiger partial charge >= 0.3 is 6.18 Å². The number of alkyl halides is 3. The lowest BCUT2D eigenvalue weighted by Gasteiger charge is -2.38. The topological polar surface area (TPSA) is 26.0 Å². The molecule has 0 bridgehead atoms. The van der Waals surface area contributed by atoms with E-state index in [1.54, 1.807) is 0 Å². The van der Waals surface area contributed by atoms with Crippen LogP contribution in [-0.4, -0.2) is 12.2 Å². The highest BCUT2D eigenvalue weighted by atomic mass is 19.4. The van der Waals surface area contributed by atoms with Crippen LogP contribution in [0.15, 0.2) is 0 Å². The third kappa shape index (κ3) is 2.62. The molecule has 1 aliphatic rings. The van der Waals surface area contributed by atoms with E-state index in [-0.39, 0.29) is 24.3 Å². The lowest BCUT2D eigenvalue weighted by molar-refractivity contribution is -0.201. The molecule has 4 heteroatoms. The third-order valence-electron chi connectivity index (χ3n) is 3.22. The summed E-state index contributed by atoms with van der Waals surface area (Å²) in [6.07, 6.45) is -2.82. The summed E-state index contributed by atoms with van der Waals surface area (Å²) in [5.74, 6) is -1.37. The maximum absolute atomic E-state index is 12.6. The Balaban J connectivity index is 2.73. The van der Waals surface area contributed by atoms with E-state index in [9.17, 15) is 13.2 Å². The van der Waals surface area contributed by atoms with Gasteiger partial charge in [-0.25, -0.2) is 0 Å². The lowest BCUT2D eigenvalue weighted by Crippen LogP contribution is -2.42. The van der Waals surface area contributed by atoms with E-state index in [1.807, 2.05) is 13.8 Å². The summed E-state index contributed by atoms with van der Waals surface area (Å²) >= 11 is 0. The van der Waals surface area contributed by atoms with E-state index in [1.165, 1.54) is 0 Å². The smallest absolute Gasteiger partial charge is 0.328 e. The number of halogens is 3. The molecule has 1 rings (SSSR count). The van der Waals surface area contributed by atoms with Crippen LogP contribution in [0.5, 0.6) is 0 Å². The van der Waals surface area contributed by atoms with Crippen molar-refractivity contribution >= 4 is 0 Å². The SMILES string of the molecule is CC(C)C1CC(N)CCC1C(F)(F)F. The Labute approximate surface area is 82.9 Å². The van der Waals surface area contributed by atoms with E-state index in [4.69, 9.17) is 5.73 Å². The summed E-state index contributed by atoms with van der Waals surface area (Å²) < 4.78 is 37.9. The van der Waals surface area contributed by atoms with Crippen molar-refractivity contribution in [3.05, 3.63) is 0 Å². The van der Waals surface area contributed by atoms with Gasteiger partial charge in [-0.3, -0.25) is 0 Å². The lowest BCUT2D eigenvalue weighted by atomic mass is 9.71. The van der Waals surface area contributed by atoms with E-state index >= 15 is 0 Å². The zero-order valence-electron chi connectivity index (χ0n) is 8.64. The fourth-order valence-corrected chi connectivity index (χ4v) is 2.38. The van der Waals surface area contributed by atoms with Crippen LogP contribution in [0.1, 0.15) is 33.1 Å². The first-order valence-corrected chi connectivity index (χ1v) is 5.14. The zero-order chi connectivity index (χ0) is 10.9. The second-order valence-corrected chi connectivity index (χ2v) is 4.63. The molecule has 0 aromatic carbocycles. The summed E-state index contributed by atoms with van der Waals surface area (Å²) in [6.45, 7) is 3.70. The normalized spacial score (nSPS) is 34.9. The molecule has 14 heavy (non-hydrogen) atoms. The molecule has 0 heterocycles. The summed E-state index contributed by atoms with van der Waals surface area (Å²) in [6, 6.07) is -0.0407. The largest absolute Gasteiger partial charge is 0.392 e. The average molecular weight is 209 g/mol. The molecule has 0 spiro atoms. The van der Waals surface area contributed by atoms with Crippen LogP contribution in [0.4, 0.5) is 13.2 Å². The number of rotatable bonds is 1. The molecule has 3 unspecified atom stereocenters. The van der Waals surface area contributed by atoms with Crippen molar-refractivity contribution < 1.29 is 13.2 Å². The average Bonchev–Trinajstić information content (AvgIpc) is 2.01. The molecule has 3 atom stereocenters. The zero-order valence-corrected chi connectivity index (χ0v) is 8.64. The van der Waals surface area contributed by atoms with Crippen LogP contribution in [0.25, 0.3) is 0 Å². The van der Waals surface area contributed by atoms with Gasteiger partial charge in [0.05, 0.1) is 5.92 Å². The van der Waals surface area contributed by atoms with Crippen molar-refractivity contribution in [2.24, 2.45) is 23.5 Å². The molecular formula is C10H18F3N. The Morgan fingerprint density at radius 3 is 2.21 bits per heavy atom. The first-order valence-electron chi connectivity index (χ1n) is 5.14. The predicted octanol–water partition coefficient (Wildman–Crippen LogP) is 2.95. The van der Waals surface area contributed by atoms with Gasteiger partial charge in [0, 0.05) is 6.04 Å². The van der Waals surface area contributed by atoms with Crippen molar-refractivity contribution in [3.63, 3.8) is 0 Å². The molecule has 1 saturated carbocycles. The van der Waals surface area contributed by atoms with E-state index < -0.39 is 12.1 Å². The van der Waals surface area contributed by atoms with Crippen LogP contribution in [0.2, 0.25) is 0 Å². The predicted molar refractivity (Wildman–Crippen MR) is 49.7 cm³/mol. The Hall–Kier alpha value is -0.250. The van der Waals surface area contributed by atoms with E-state index in [0.29, 0.717) is 12.8 Å². The van der Waals surface area contributed by atoms with Crippen LogP contribution < -0.4 is 5.73 Å². The summed E-state index contributed by atoms with van der Waals surface area (Å²) in [5.41, 5.74) is 5.70. The van der Waals surface area contributed by atoms with Gasteiger partial charge in [-0.2, -0.15) is 13.2 Å². The fourth-order valence-electron chi connectivity index (χ4n) is 2.38. The Kier molecular flexibility index (Phi) is 3.45. The van der Waals surface area contributed by atoms with Crippen molar-refractivity contribution in [1.82, 2.24) is 0 Å². The monoisotopic (exact) mass is 209 g/mol. The van der Waals surface area contributed by atoms with Crippen LogP contribution in [0, 0.1) is 17.8 Å². The van der Waals surface area contributed by atoms with Crippen molar-refractivity contribution in [2.45, 2.75) is 45.3 Å². The molecule has 84 valence electrons. The quantitative estimate of drug-likeness (QED) is 0.706. The molecule has 2 N–H and O–H groups in total. The maximum atomic E-state index is 12.6. The molecule has 0 aliphatic heterocycles. The van der Waals surface area contributed by atoms with Gasteiger partial charge < -0.3 is 5.73 Å². The van der Waals surface area contributed by atoms with Gasteiger partial charge in [-0.1, -0.05) is 13.8 Å². The Morgan fingerprint density at radius 2 is 1.79 bits per heavy atom. The summed E-state index contributed by atoms with van der Waals surface area (Å²) in [5, 5.41) is 0.